The summed E-state index contributed by atoms with van der Waals surface area (Å²) in [4.78, 5) is 20.9. The maximum Gasteiger partial charge on any atom is 0.319 e. The van der Waals surface area contributed by atoms with E-state index in [0.29, 0.717) is 6.54 Å². The van der Waals surface area contributed by atoms with E-state index in [0.717, 1.165) is 49.1 Å². The van der Waals surface area contributed by atoms with Gasteiger partial charge < -0.3 is 30.5 Å². The Morgan fingerprint density at radius 3 is 2.21 bits per heavy atom. The number of rotatable bonds is 6. The van der Waals surface area contributed by atoms with Gasteiger partial charge in [-0.05, 0) is 55.8 Å². The quantitative estimate of drug-likeness (QED) is 0.282. The number of carbonyl (C=O) groups is 1. The van der Waals surface area contributed by atoms with Crippen molar-refractivity contribution >= 4 is 47.3 Å². The van der Waals surface area contributed by atoms with Crippen molar-refractivity contribution in [2.45, 2.75) is 26.4 Å². The summed E-state index contributed by atoms with van der Waals surface area (Å²) in [6, 6.07) is 15.9. The predicted molar refractivity (Wildman–Crippen MR) is 146 cm³/mol. The van der Waals surface area contributed by atoms with Crippen molar-refractivity contribution in [3.63, 3.8) is 0 Å². The van der Waals surface area contributed by atoms with E-state index in [-0.39, 0.29) is 36.0 Å². The minimum Gasteiger partial charge on any atom is -0.497 e. The van der Waals surface area contributed by atoms with Crippen LogP contribution in [-0.4, -0.2) is 63.3 Å². The van der Waals surface area contributed by atoms with Crippen LogP contribution < -0.4 is 25.6 Å². The van der Waals surface area contributed by atoms with Gasteiger partial charge in [-0.15, -0.1) is 24.0 Å². The van der Waals surface area contributed by atoms with E-state index in [1.165, 1.54) is 5.69 Å². The first kappa shape index (κ1) is 26.6. The zero-order chi connectivity index (χ0) is 22.9. The summed E-state index contributed by atoms with van der Waals surface area (Å²) in [5.41, 5.74) is 3.10. The molecule has 2 aromatic carbocycles. The molecule has 8 nitrogen and oxygen atoms in total. The van der Waals surface area contributed by atoms with Gasteiger partial charge in [-0.25, -0.2) is 4.79 Å². The maximum absolute atomic E-state index is 11.8. The van der Waals surface area contributed by atoms with E-state index in [4.69, 9.17) is 4.74 Å². The van der Waals surface area contributed by atoms with Gasteiger partial charge in [-0.1, -0.05) is 12.1 Å². The highest BCUT2D eigenvalue weighted by Crippen LogP contribution is 2.20. The summed E-state index contributed by atoms with van der Waals surface area (Å²) in [5.74, 6) is 1.78. The highest BCUT2D eigenvalue weighted by Gasteiger charge is 2.19. The van der Waals surface area contributed by atoms with Crippen LogP contribution in [0.2, 0.25) is 0 Å². The number of methoxy groups -OCH3 is 1. The number of urea groups is 1. The Labute approximate surface area is 213 Å². The molecule has 3 rings (SSSR count). The fourth-order valence-corrected chi connectivity index (χ4v) is 3.62. The summed E-state index contributed by atoms with van der Waals surface area (Å²) in [6.07, 6.45) is 0. The molecule has 0 atom stereocenters. The SMILES string of the molecule is CN=C(NCc1ccc(NC(=O)NC(C)C)cc1)N1CCN(c2ccc(OC)cc2)CC1.I. The lowest BCUT2D eigenvalue weighted by molar-refractivity contribution is 0.250. The molecule has 0 radical (unpaired) electrons. The molecule has 2 aromatic rings. The Kier molecular flexibility index (Phi) is 10.6. The largest absolute Gasteiger partial charge is 0.497 e. The minimum atomic E-state index is -0.194. The summed E-state index contributed by atoms with van der Waals surface area (Å²) >= 11 is 0. The van der Waals surface area contributed by atoms with Gasteiger partial charge in [0.15, 0.2) is 5.96 Å². The van der Waals surface area contributed by atoms with Crippen molar-refractivity contribution in [3.05, 3.63) is 54.1 Å². The first-order chi connectivity index (χ1) is 15.5. The number of nitrogens with one attached hydrogen (secondary N) is 3. The lowest BCUT2D eigenvalue weighted by Gasteiger charge is -2.37. The molecule has 3 N–H and O–H groups in total. The van der Waals surface area contributed by atoms with Crippen LogP contribution in [0.1, 0.15) is 19.4 Å². The number of hydrogen-bond acceptors (Lipinski definition) is 4. The fraction of sp³-hybridized carbons (Fsp3) is 0.417. The normalized spacial score (nSPS) is 13.9. The van der Waals surface area contributed by atoms with Gasteiger partial charge in [-0.2, -0.15) is 0 Å². The van der Waals surface area contributed by atoms with Crippen molar-refractivity contribution < 1.29 is 9.53 Å². The van der Waals surface area contributed by atoms with E-state index >= 15 is 0 Å². The van der Waals surface area contributed by atoms with Crippen LogP contribution in [0.15, 0.2) is 53.5 Å². The smallest absolute Gasteiger partial charge is 0.319 e. The van der Waals surface area contributed by atoms with E-state index in [1.807, 2.05) is 57.3 Å². The number of aliphatic imine (C=N–C) groups is 1. The molecule has 2 amide bonds. The van der Waals surface area contributed by atoms with E-state index < -0.39 is 0 Å². The third kappa shape index (κ3) is 7.99. The summed E-state index contributed by atoms with van der Waals surface area (Å²) in [6.45, 7) is 8.21. The molecule has 0 saturated carbocycles. The third-order valence-corrected chi connectivity index (χ3v) is 5.31. The number of carbonyl (C=O) groups excluding carboxylic acids is 1. The number of guanidine groups is 1. The Morgan fingerprint density at radius 2 is 1.67 bits per heavy atom. The van der Waals surface area contributed by atoms with Crippen LogP contribution in [0.3, 0.4) is 0 Å². The average Bonchev–Trinajstić information content (AvgIpc) is 2.80. The number of amides is 2. The molecule has 180 valence electrons. The molecule has 0 unspecified atom stereocenters. The molecule has 1 fully saturated rings. The number of nitrogens with zero attached hydrogens (tertiary/aromatic N) is 3. The second-order valence-corrected chi connectivity index (χ2v) is 8.02. The lowest BCUT2D eigenvalue weighted by Crippen LogP contribution is -2.52. The van der Waals surface area contributed by atoms with Crippen molar-refractivity contribution in [1.29, 1.82) is 0 Å². The number of piperazine rings is 1. The Balaban J connectivity index is 0.00000385. The van der Waals surface area contributed by atoms with Crippen LogP contribution in [0.5, 0.6) is 5.75 Å². The van der Waals surface area contributed by atoms with Crippen molar-refractivity contribution in [2.24, 2.45) is 4.99 Å². The number of benzene rings is 2. The molecule has 1 heterocycles. The van der Waals surface area contributed by atoms with Gasteiger partial charge in [-0.3, -0.25) is 4.99 Å². The maximum atomic E-state index is 11.8. The monoisotopic (exact) mass is 566 g/mol. The Morgan fingerprint density at radius 1 is 1.03 bits per heavy atom. The van der Waals surface area contributed by atoms with Gasteiger partial charge in [0.05, 0.1) is 7.11 Å². The molecule has 0 spiro atoms. The van der Waals surface area contributed by atoms with E-state index in [9.17, 15) is 4.79 Å². The van der Waals surface area contributed by atoms with Crippen LogP contribution in [0.25, 0.3) is 0 Å². The summed E-state index contributed by atoms with van der Waals surface area (Å²) in [7, 11) is 3.50. The molecule has 1 aliphatic rings. The van der Waals surface area contributed by atoms with Crippen LogP contribution >= 0.6 is 24.0 Å². The standard InChI is InChI=1S/C24H34N6O2.HI/c1-18(2)27-24(31)28-20-7-5-19(6-8-20)17-26-23(25-3)30-15-13-29(14-16-30)21-9-11-22(32-4)12-10-21;/h5-12,18H,13-17H2,1-4H3,(H,25,26)(H2,27,28,31);1H. The molecule has 0 aliphatic carbocycles. The zero-order valence-corrected chi connectivity index (χ0v) is 22.1. The molecule has 0 bridgehead atoms. The minimum absolute atomic E-state index is 0. The molecule has 0 aromatic heterocycles. The summed E-state index contributed by atoms with van der Waals surface area (Å²) in [5, 5.41) is 9.11. The number of anilines is 2. The highest BCUT2D eigenvalue weighted by atomic mass is 127. The van der Waals surface area contributed by atoms with Gasteiger partial charge in [0.1, 0.15) is 5.75 Å². The highest BCUT2D eigenvalue weighted by molar-refractivity contribution is 14.0. The van der Waals surface area contributed by atoms with Gasteiger partial charge >= 0.3 is 6.03 Å². The first-order valence-electron chi connectivity index (χ1n) is 11.0. The Bertz CT molecular complexity index is 894. The lowest BCUT2D eigenvalue weighted by atomic mass is 10.2. The molecule has 1 aliphatic heterocycles. The molecular formula is C24H35IN6O2. The van der Waals surface area contributed by atoms with Crippen LogP contribution in [-0.2, 0) is 6.54 Å². The second-order valence-electron chi connectivity index (χ2n) is 8.02. The predicted octanol–water partition coefficient (Wildman–Crippen LogP) is 3.74. The fourth-order valence-electron chi connectivity index (χ4n) is 3.62. The molecule has 33 heavy (non-hydrogen) atoms. The second kappa shape index (κ2) is 13.1. The topological polar surface area (TPSA) is 81.2 Å². The average molecular weight is 566 g/mol. The van der Waals surface area contributed by atoms with E-state index in [2.05, 4.69) is 42.9 Å². The van der Waals surface area contributed by atoms with Crippen molar-refractivity contribution in [1.82, 2.24) is 15.5 Å². The van der Waals surface area contributed by atoms with Crippen LogP contribution in [0.4, 0.5) is 16.2 Å². The number of halogens is 1. The molecule has 9 heteroatoms. The van der Waals surface area contributed by atoms with Crippen molar-refractivity contribution in [3.8, 4) is 5.75 Å². The van der Waals surface area contributed by atoms with Gasteiger partial charge in [0.2, 0.25) is 0 Å². The zero-order valence-electron chi connectivity index (χ0n) is 19.8. The summed E-state index contributed by atoms with van der Waals surface area (Å²) < 4.78 is 5.25. The number of ether oxygens (including phenoxy) is 1. The third-order valence-electron chi connectivity index (χ3n) is 5.31. The Hall–Kier alpha value is -2.69. The van der Waals surface area contributed by atoms with Crippen LogP contribution in [0, 0.1) is 0 Å². The van der Waals surface area contributed by atoms with Gasteiger partial charge in [0.25, 0.3) is 0 Å². The van der Waals surface area contributed by atoms with E-state index in [1.54, 1.807) is 7.11 Å². The van der Waals surface area contributed by atoms with Gasteiger partial charge in [0, 0.05) is 57.2 Å². The first-order valence-corrected chi connectivity index (χ1v) is 11.0. The van der Waals surface area contributed by atoms with Crippen molar-refractivity contribution in [2.75, 3.05) is 50.6 Å². The number of hydrogen-bond donors (Lipinski definition) is 3. The molecule has 1 saturated heterocycles. The molecular weight excluding hydrogens is 531 g/mol.